The van der Waals surface area contributed by atoms with Gasteiger partial charge < -0.3 is 9.72 Å². The van der Waals surface area contributed by atoms with Crippen molar-refractivity contribution >= 4 is 26.8 Å². The summed E-state index contributed by atoms with van der Waals surface area (Å²) in [7, 11) is 0. The van der Waals surface area contributed by atoms with Crippen molar-refractivity contribution in [2.24, 2.45) is 0 Å². The van der Waals surface area contributed by atoms with Crippen LogP contribution >= 0.6 is 15.9 Å². The molecule has 16 heavy (non-hydrogen) atoms. The van der Waals surface area contributed by atoms with Gasteiger partial charge in [0, 0.05) is 11.2 Å². The summed E-state index contributed by atoms with van der Waals surface area (Å²) in [6, 6.07) is 5.48. The van der Waals surface area contributed by atoms with Gasteiger partial charge in [0.1, 0.15) is 5.75 Å². The van der Waals surface area contributed by atoms with Crippen LogP contribution in [0.3, 0.4) is 0 Å². The maximum absolute atomic E-state index is 12.0. The molecule has 0 radical (unpaired) electrons. The Morgan fingerprint density at radius 3 is 2.88 bits per heavy atom. The first-order valence-corrected chi connectivity index (χ1v) is 5.87. The standard InChI is InChI=1S/C12H12BrNO2/c1-3-16-8-4-5-10-9(6-8)12(15)11(13)7(2)14-10/h4-6H,3H2,1-2H3,(H,14,15). The molecule has 2 rings (SSSR count). The Morgan fingerprint density at radius 1 is 1.44 bits per heavy atom. The largest absolute Gasteiger partial charge is 0.494 e. The highest BCUT2D eigenvalue weighted by molar-refractivity contribution is 9.10. The first-order chi connectivity index (χ1) is 7.63. The highest BCUT2D eigenvalue weighted by Gasteiger charge is 2.07. The number of aromatic nitrogens is 1. The van der Waals surface area contributed by atoms with E-state index in [0.717, 1.165) is 17.0 Å². The molecule has 0 aliphatic heterocycles. The van der Waals surface area contributed by atoms with Crippen molar-refractivity contribution < 1.29 is 4.74 Å². The molecule has 0 saturated heterocycles. The lowest BCUT2D eigenvalue weighted by Gasteiger charge is -2.06. The molecule has 1 heterocycles. The smallest absolute Gasteiger partial charge is 0.203 e. The monoisotopic (exact) mass is 281 g/mol. The van der Waals surface area contributed by atoms with Gasteiger partial charge in [-0.3, -0.25) is 4.79 Å². The fourth-order valence-electron chi connectivity index (χ4n) is 1.62. The Kier molecular flexibility index (Phi) is 3.01. The van der Waals surface area contributed by atoms with Crippen LogP contribution in [0.2, 0.25) is 0 Å². The molecular formula is C12H12BrNO2. The maximum Gasteiger partial charge on any atom is 0.203 e. The van der Waals surface area contributed by atoms with Gasteiger partial charge in [-0.15, -0.1) is 0 Å². The van der Waals surface area contributed by atoms with E-state index in [2.05, 4.69) is 20.9 Å². The van der Waals surface area contributed by atoms with E-state index in [1.54, 1.807) is 6.07 Å². The lowest BCUT2D eigenvalue weighted by molar-refractivity contribution is 0.340. The Balaban J connectivity index is 2.73. The molecule has 1 N–H and O–H groups in total. The number of rotatable bonds is 2. The van der Waals surface area contributed by atoms with Crippen molar-refractivity contribution in [3.63, 3.8) is 0 Å². The molecule has 1 aromatic carbocycles. The second-order valence-corrected chi connectivity index (χ2v) is 4.33. The van der Waals surface area contributed by atoms with Crippen molar-refractivity contribution in [2.75, 3.05) is 6.61 Å². The molecule has 0 amide bonds. The van der Waals surface area contributed by atoms with E-state index in [9.17, 15) is 4.79 Å². The van der Waals surface area contributed by atoms with E-state index in [0.29, 0.717) is 16.5 Å². The predicted octanol–water partition coefficient (Wildman–Crippen LogP) is 3.00. The van der Waals surface area contributed by atoms with Crippen LogP contribution in [0.25, 0.3) is 10.9 Å². The van der Waals surface area contributed by atoms with Gasteiger partial charge in [-0.05, 0) is 48.0 Å². The van der Waals surface area contributed by atoms with E-state index in [1.807, 2.05) is 26.0 Å². The number of hydrogen-bond donors (Lipinski definition) is 1. The van der Waals surface area contributed by atoms with Crippen LogP contribution < -0.4 is 10.2 Å². The Labute approximate surface area is 102 Å². The normalized spacial score (nSPS) is 10.7. The van der Waals surface area contributed by atoms with Crippen molar-refractivity contribution in [3.8, 4) is 5.75 Å². The number of H-pyrrole nitrogens is 1. The molecule has 3 nitrogen and oxygen atoms in total. The van der Waals surface area contributed by atoms with Gasteiger partial charge in [0.05, 0.1) is 16.5 Å². The van der Waals surface area contributed by atoms with Crippen LogP contribution in [0.4, 0.5) is 0 Å². The van der Waals surface area contributed by atoms with Crippen LogP contribution in [-0.2, 0) is 0 Å². The van der Waals surface area contributed by atoms with E-state index in [-0.39, 0.29) is 5.43 Å². The number of ether oxygens (including phenoxy) is 1. The van der Waals surface area contributed by atoms with Gasteiger partial charge in [-0.2, -0.15) is 0 Å². The van der Waals surface area contributed by atoms with E-state index >= 15 is 0 Å². The van der Waals surface area contributed by atoms with Gasteiger partial charge in [0.15, 0.2) is 0 Å². The number of aryl methyl sites for hydroxylation is 1. The molecule has 0 atom stereocenters. The molecule has 84 valence electrons. The molecule has 0 fully saturated rings. The van der Waals surface area contributed by atoms with Crippen LogP contribution in [0.1, 0.15) is 12.6 Å². The average Bonchev–Trinajstić information content (AvgIpc) is 2.28. The van der Waals surface area contributed by atoms with Crippen molar-refractivity contribution in [3.05, 3.63) is 38.6 Å². The summed E-state index contributed by atoms with van der Waals surface area (Å²) in [5, 5.41) is 0.642. The minimum absolute atomic E-state index is 0.00666. The Bertz CT molecular complexity index is 589. The second kappa shape index (κ2) is 4.29. The van der Waals surface area contributed by atoms with Crippen molar-refractivity contribution in [1.82, 2.24) is 4.98 Å². The fraction of sp³-hybridized carbons (Fsp3) is 0.250. The van der Waals surface area contributed by atoms with Gasteiger partial charge >= 0.3 is 0 Å². The average molecular weight is 282 g/mol. The topological polar surface area (TPSA) is 42.1 Å². The van der Waals surface area contributed by atoms with Gasteiger partial charge in [-0.25, -0.2) is 0 Å². The molecule has 0 aliphatic carbocycles. The molecule has 0 aliphatic rings. The quantitative estimate of drug-likeness (QED) is 0.920. The summed E-state index contributed by atoms with van der Waals surface area (Å²) >= 11 is 3.28. The highest BCUT2D eigenvalue weighted by Crippen LogP contribution is 2.20. The predicted molar refractivity (Wildman–Crippen MR) is 68.2 cm³/mol. The van der Waals surface area contributed by atoms with Gasteiger partial charge in [0.25, 0.3) is 0 Å². The summed E-state index contributed by atoms with van der Waals surface area (Å²) in [6.07, 6.45) is 0. The molecule has 0 spiro atoms. The summed E-state index contributed by atoms with van der Waals surface area (Å²) < 4.78 is 5.95. The van der Waals surface area contributed by atoms with E-state index < -0.39 is 0 Å². The molecule has 0 saturated carbocycles. The zero-order valence-corrected chi connectivity index (χ0v) is 10.7. The summed E-state index contributed by atoms with van der Waals surface area (Å²) in [5.74, 6) is 0.719. The fourth-order valence-corrected chi connectivity index (χ4v) is 1.93. The van der Waals surface area contributed by atoms with Crippen LogP contribution in [0, 0.1) is 6.92 Å². The lowest BCUT2D eigenvalue weighted by atomic mass is 10.2. The number of benzene rings is 1. The number of hydrogen-bond acceptors (Lipinski definition) is 2. The molecule has 0 unspecified atom stereocenters. The molecule has 2 aromatic rings. The third-order valence-electron chi connectivity index (χ3n) is 2.40. The molecule has 4 heteroatoms. The third kappa shape index (κ3) is 1.85. The third-order valence-corrected chi connectivity index (χ3v) is 3.35. The highest BCUT2D eigenvalue weighted by atomic mass is 79.9. The molecular weight excluding hydrogens is 270 g/mol. The number of aromatic amines is 1. The number of nitrogens with one attached hydrogen (secondary N) is 1. The van der Waals surface area contributed by atoms with E-state index in [1.165, 1.54) is 0 Å². The SMILES string of the molecule is CCOc1ccc2[nH]c(C)c(Br)c(=O)c2c1. The van der Waals surface area contributed by atoms with E-state index in [4.69, 9.17) is 4.74 Å². The first kappa shape index (κ1) is 11.2. The summed E-state index contributed by atoms with van der Waals surface area (Å²) in [6.45, 7) is 4.37. The van der Waals surface area contributed by atoms with Crippen LogP contribution in [0.15, 0.2) is 27.5 Å². The van der Waals surface area contributed by atoms with Gasteiger partial charge in [0.2, 0.25) is 5.43 Å². The lowest BCUT2D eigenvalue weighted by Crippen LogP contribution is -2.07. The minimum atomic E-state index is -0.00666. The van der Waals surface area contributed by atoms with Crippen molar-refractivity contribution in [1.29, 1.82) is 0 Å². The zero-order valence-electron chi connectivity index (χ0n) is 9.13. The summed E-state index contributed by atoms with van der Waals surface area (Å²) in [5.41, 5.74) is 1.66. The summed E-state index contributed by atoms with van der Waals surface area (Å²) in [4.78, 5) is 15.1. The molecule has 0 bridgehead atoms. The van der Waals surface area contributed by atoms with Crippen LogP contribution in [0.5, 0.6) is 5.75 Å². The van der Waals surface area contributed by atoms with Crippen LogP contribution in [-0.4, -0.2) is 11.6 Å². The second-order valence-electron chi connectivity index (χ2n) is 3.53. The van der Waals surface area contributed by atoms with Gasteiger partial charge in [-0.1, -0.05) is 0 Å². The number of fused-ring (bicyclic) bond motifs is 1. The number of pyridine rings is 1. The van der Waals surface area contributed by atoms with Crippen molar-refractivity contribution in [2.45, 2.75) is 13.8 Å². The Hall–Kier alpha value is -1.29. The number of halogens is 1. The minimum Gasteiger partial charge on any atom is -0.494 e. The molecule has 1 aromatic heterocycles. The Morgan fingerprint density at radius 2 is 2.19 bits per heavy atom. The zero-order chi connectivity index (χ0) is 11.7. The maximum atomic E-state index is 12.0. The first-order valence-electron chi connectivity index (χ1n) is 5.08.